The van der Waals surface area contributed by atoms with E-state index in [4.69, 9.17) is 11.6 Å². The fourth-order valence-electron chi connectivity index (χ4n) is 3.02. The highest BCUT2D eigenvalue weighted by Crippen LogP contribution is 2.29. The first-order chi connectivity index (χ1) is 12.4. The second kappa shape index (κ2) is 8.10. The molecule has 1 aliphatic heterocycles. The summed E-state index contributed by atoms with van der Waals surface area (Å²) in [5.74, 6) is 0.779. The van der Waals surface area contributed by atoms with Crippen LogP contribution < -0.4 is 10.6 Å². The molecule has 0 aliphatic carbocycles. The molecule has 138 valence electrons. The third-order valence-electron chi connectivity index (χ3n) is 4.56. The molecular weight excluding hydrogens is 372 g/mol. The van der Waals surface area contributed by atoms with E-state index in [1.807, 2.05) is 36.4 Å². The third kappa shape index (κ3) is 5.22. The Morgan fingerprint density at radius 1 is 1.00 bits per heavy atom. The van der Waals surface area contributed by atoms with E-state index in [0.29, 0.717) is 30.1 Å². The number of carbonyl (C=O) groups is 1. The Kier molecular flexibility index (Phi) is 5.84. The van der Waals surface area contributed by atoms with E-state index < -0.39 is 9.84 Å². The van der Waals surface area contributed by atoms with Crippen molar-refractivity contribution in [2.45, 2.75) is 25.3 Å². The first-order valence-electron chi connectivity index (χ1n) is 8.51. The zero-order chi connectivity index (χ0) is 18.6. The number of amides is 2. The van der Waals surface area contributed by atoms with E-state index in [2.05, 4.69) is 10.6 Å². The Morgan fingerprint density at radius 3 is 2.23 bits per heavy atom. The number of urea groups is 1. The van der Waals surface area contributed by atoms with Gasteiger partial charge in [-0.05, 0) is 54.2 Å². The van der Waals surface area contributed by atoms with Crippen molar-refractivity contribution >= 4 is 33.2 Å². The first kappa shape index (κ1) is 18.7. The zero-order valence-electron chi connectivity index (χ0n) is 14.2. The highest BCUT2D eigenvalue weighted by Gasteiger charge is 2.24. The lowest BCUT2D eigenvalue weighted by Crippen LogP contribution is -2.28. The van der Waals surface area contributed by atoms with Gasteiger partial charge in [0.15, 0.2) is 0 Å². The van der Waals surface area contributed by atoms with Crippen LogP contribution in [0.1, 0.15) is 29.9 Å². The van der Waals surface area contributed by atoms with E-state index in [1.54, 1.807) is 12.1 Å². The van der Waals surface area contributed by atoms with E-state index in [0.717, 1.165) is 11.1 Å². The molecule has 2 aromatic carbocycles. The lowest BCUT2D eigenvalue weighted by atomic mass is 9.93. The topological polar surface area (TPSA) is 75.3 Å². The zero-order valence-corrected chi connectivity index (χ0v) is 15.8. The molecule has 0 bridgehead atoms. The van der Waals surface area contributed by atoms with Gasteiger partial charge in [-0.15, -0.1) is 0 Å². The van der Waals surface area contributed by atoms with Crippen LogP contribution in [0.3, 0.4) is 0 Å². The van der Waals surface area contributed by atoms with Crippen LogP contribution in [0.4, 0.5) is 10.5 Å². The van der Waals surface area contributed by atoms with Gasteiger partial charge in [0.1, 0.15) is 9.84 Å². The Bertz CT molecular complexity index is 851. The lowest BCUT2D eigenvalue weighted by Gasteiger charge is -2.22. The number of halogens is 1. The Balaban J connectivity index is 1.50. The predicted octanol–water partition coefficient (Wildman–Crippen LogP) is 3.95. The monoisotopic (exact) mass is 392 g/mol. The largest absolute Gasteiger partial charge is 0.334 e. The molecule has 0 unspecified atom stereocenters. The summed E-state index contributed by atoms with van der Waals surface area (Å²) in [6.45, 7) is 0.414. The Morgan fingerprint density at radius 2 is 1.62 bits per heavy atom. The molecule has 0 saturated carbocycles. The molecule has 1 saturated heterocycles. The van der Waals surface area contributed by atoms with Gasteiger partial charge in [0.25, 0.3) is 0 Å². The smallest absolute Gasteiger partial charge is 0.319 e. The highest BCUT2D eigenvalue weighted by molar-refractivity contribution is 7.91. The van der Waals surface area contributed by atoms with E-state index in [9.17, 15) is 13.2 Å². The average Bonchev–Trinajstić information content (AvgIpc) is 2.62. The van der Waals surface area contributed by atoms with Gasteiger partial charge in [-0.1, -0.05) is 35.9 Å². The minimum Gasteiger partial charge on any atom is -0.334 e. The van der Waals surface area contributed by atoms with Crippen LogP contribution in [0.2, 0.25) is 5.02 Å². The number of anilines is 1. The maximum absolute atomic E-state index is 12.0. The number of benzene rings is 2. The summed E-state index contributed by atoms with van der Waals surface area (Å²) in [6.07, 6.45) is 1.33. The van der Waals surface area contributed by atoms with E-state index in [-0.39, 0.29) is 23.5 Å². The molecule has 2 N–H and O–H groups in total. The summed E-state index contributed by atoms with van der Waals surface area (Å²) in [6, 6.07) is 14.6. The Labute approximate surface area is 158 Å². The average molecular weight is 393 g/mol. The van der Waals surface area contributed by atoms with Crippen LogP contribution in [0, 0.1) is 0 Å². The molecular formula is C19H21ClN2O3S. The number of nitrogens with one attached hydrogen (secondary N) is 2. The summed E-state index contributed by atoms with van der Waals surface area (Å²) in [7, 11) is -2.85. The van der Waals surface area contributed by atoms with Gasteiger partial charge in [-0.3, -0.25) is 0 Å². The van der Waals surface area contributed by atoms with Crippen LogP contribution in [0.25, 0.3) is 0 Å². The number of rotatable bonds is 4. The summed E-state index contributed by atoms with van der Waals surface area (Å²) < 4.78 is 23.0. The maximum atomic E-state index is 12.0. The molecule has 5 nitrogen and oxygen atoms in total. The van der Waals surface area contributed by atoms with Crippen LogP contribution in [0.5, 0.6) is 0 Å². The molecule has 3 rings (SSSR count). The van der Waals surface area contributed by atoms with Crippen molar-refractivity contribution in [1.29, 1.82) is 0 Å². The highest BCUT2D eigenvalue weighted by atomic mass is 35.5. The molecule has 1 heterocycles. The summed E-state index contributed by atoms with van der Waals surface area (Å²) in [5.41, 5.74) is 2.78. The van der Waals surface area contributed by atoms with Gasteiger partial charge in [-0.25, -0.2) is 13.2 Å². The van der Waals surface area contributed by atoms with Crippen molar-refractivity contribution in [3.05, 3.63) is 64.7 Å². The van der Waals surface area contributed by atoms with Gasteiger partial charge in [0.05, 0.1) is 11.5 Å². The minimum atomic E-state index is -2.85. The summed E-state index contributed by atoms with van der Waals surface area (Å²) in [5, 5.41) is 6.25. The van der Waals surface area contributed by atoms with Crippen LogP contribution >= 0.6 is 11.6 Å². The summed E-state index contributed by atoms with van der Waals surface area (Å²) in [4.78, 5) is 12.0. The van der Waals surface area contributed by atoms with Crippen molar-refractivity contribution in [2.75, 3.05) is 16.8 Å². The number of carbonyl (C=O) groups excluding carboxylic acids is 1. The molecule has 2 aromatic rings. The quantitative estimate of drug-likeness (QED) is 0.827. The predicted molar refractivity (Wildman–Crippen MR) is 104 cm³/mol. The number of sulfone groups is 1. The fraction of sp³-hybridized carbons (Fsp3) is 0.316. The van der Waals surface area contributed by atoms with Crippen LogP contribution in [0.15, 0.2) is 48.5 Å². The second-order valence-corrected chi connectivity index (χ2v) is 9.22. The molecule has 2 amide bonds. The van der Waals surface area contributed by atoms with Crippen LogP contribution in [-0.4, -0.2) is 26.0 Å². The minimum absolute atomic E-state index is 0.255. The van der Waals surface area contributed by atoms with E-state index in [1.165, 1.54) is 0 Å². The second-order valence-electron chi connectivity index (χ2n) is 6.48. The molecule has 0 aromatic heterocycles. The van der Waals surface area contributed by atoms with Crippen molar-refractivity contribution in [2.24, 2.45) is 0 Å². The molecule has 1 aliphatic rings. The third-order valence-corrected chi connectivity index (χ3v) is 6.53. The number of hydrogen-bond acceptors (Lipinski definition) is 3. The summed E-state index contributed by atoms with van der Waals surface area (Å²) >= 11 is 5.83. The van der Waals surface area contributed by atoms with Crippen molar-refractivity contribution in [1.82, 2.24) is 5.32 Å². The standard InChI is InChI=1S/C19H21ClN2O3S/c20-17-5-1-14(2-6-17)13-21-19(23)22-18-7-3-15(4-8-18)16-9-11-26(24,25)12-10-16/h1-8,16H,9-13H2,(H2,21,22,23). The van der Waals surface area contributed by atoms with Crippen LogP contribution in [-0.2, 0) is 16.4 Å². The van der Waals surface area contributed by atoms with E-state index >= 15 is 0 Å². The molecule has 0 spiro atoms. The maximum Gasteiger partial charge on any atom is 0.319 e. The molecule has 26 heavy (non-hydrogen) atoms. The number of hydrogen-bond donors (Lipinski definition) is 2. The van der Waals surface area contributed by atoms with Crippen molar-refractivity contribution in [3.63, 3.8) is 0 Å². The van der Waals surface area contributed by atoms with Gasteiger partial charge < -0.3 is 10.6 Å². The normalized spacial score (nSPS) is 16.8. The molecule has 0 atom stereocenters. The fourth-order valence-corrected chi connectivity index (χ4v) is 4.64. The molecule has 7 heteroatoms. The lowest BCUT2D eigenvalue weighted by molar-refractivity contribution is 0.251. The molecule has 0 radical (unpaired) electrons. The van der Waals surface area contributed by atoms with Gasteiger partial charge in [0, 0.05) is 17.3 Å². The van der Waals surface area contributed by atoms with Gasteiger partial charge in [-0.2, -0.15) is 0 Å². The van der Waals surface area contributed by atoms with Gasteiger partial charge in [0.2, 0.25) is 0 Å². The van der Waals surface area contributed by atoms with Crippen molar-refractivity contribution < 1.29 is 13.2 Å². The Hall–Kier alpha value is -2.05. The van der Waals surface area contributed by atoms with Gasteiger partial charge >= 0.3 is 6.03 Å². The van der Waals surface area contributed by atoms with Crippen molar-refractivity contribution in [3.8, 4) is 0 Å². The molecule has 1 fully saturated rings. The first-order valence-corrected chi connectivity index (χ1v) is 10.7. The SMILES string of the molecule is O=C(NCc1ccc(Cl)cc1)Nc1ccc(C2CCS(=O)(=O)CC2)cc1.